The van der Waals surface area contributed by atoms with Crippen LogP contribution in [0.3, 0.4) is 0 Å². The molecule has 0 aliphatic rings. The molecule has 2 heterocycles. The third-order valence-electron chi connectivity index (χ3n) is 3.70. The summed E-state index contributed by atoms with van der Waals surface area (Å²) in [7, 11) is -1.12. The Morgan fingerprint density at radius 1 is 1.09 bits per heavy atom. The highest BCUT2D eigenvalue weighted by atomic mass is 32.2. The predicted octanol–water partition coefficient (Wildman–Crippen LogP) is 2.75. The number of hydrogen-bond acceptors (Lipinski definition) is 4. The van der Waals surface area contributed by atoms with Crippen molar-refractivity contribution in [3.8, 4) is 22.6 Å². The maximum atomic E-state index is 12.0. The van der Waals surface area contributed by atoms with E-state index in [0.29, 0.717) is 10.7 Å². The molecule has 0 fully saturated rings. The van der Waals surface area contributed by atoms with Crippen molar-refractivity contribution in [2.75, 3.05) is 6.26 Å². The Bertz CT molecular complexity index is 1010. The summed E-state index contributed by atoms with van der Waals surface area (Å²) >= 11 is 0. The van der Waals surface area contributed by atoms with Crippen LogP contribution < -0.4 is 0 Å². The molecule has 0 spiro atoms. The lowest BCUT2D eigenvalue weighted by atomic mass is 10.0. The van der Waals surface area contributed by atoms with Crippen molar-refractivity contribution < 1.29 is 4.21 Å². The van der Waals surface area contributed by atoms with E-state index in [1.165, 1.54) is 6.33 Å². The van der Waals surface area contributed by atoms with Crippen LogP contribution in [-0.4, -0.2) is 35.8 Å². The lowest BCUT2D eigenvalue weighted by molar-refractivity contribution is 0.687. The second-order valence-corrected chi connectivity index (χ2v) is 6.47. The minimum atomic E-state index is -1.12. The molecule has 6 nitrogen and oxygen atoms in total. The number of rotatable bonds is 3. The van der Waals surface area contributed by atoms with Crippen molar-refractivity contribution in [2.45, 2.75) is 4.90 Å². The molecule has 0 amide bonds. The molecule has 2 aromatic heterocycles. The van der Waals surface area contributed by atoms with Crippen LogP contribution in [0.2, 0.25) is 0 Å². The van der Waals surface area contributed by atoms with Crippen LogP contribution >= 0.6 is 0 Å². The van der Waals surface area contributed by atoms with Gasteiger partial charge in [-0.05, 0) is 18.2 Å². The summed E-state index contributed by atoms with van der Waals surface area (Å²) in [5.74, 6) is 0.594. The fraction of sp³-hybridized carbons (Fsp3) is 0.0625. The maximum absolute atomic E-state index is 12.0. The highest BCUT2D eigenvalue weighted by Gasteiger charge is 2.15. The van der Waals surface area contributed by atoms with Crippen molar-refractivity contribution in [3.63, 3.8) is 0 Å². The van der Waals surface area contributed by atoms with Crippen molar-refractivity contribution in [2.24, 2.45) is 0 Å². The highest BCUT2D eigenvalue weighted by molar-refractivity contribution is 7.84. The second-order valence-electron chi connectivity index (χ2n) is 5.12. The standard InChI is InChI=1S/C16H13N5OS/c1-23(22)14-7-6-10(8-12(14)16-17-9-18-21-16)15-11-4-2-3-5-13(11)19-20-15/h2-9H,1H3,(H,19,20)(H,17,18,21). The van der Waals surface area contributed by atoms with Gasteiger partial charge in [-0.25, -0.2) is 4.98 Å². The monoisotopic (exact) mass is 323 g/mol. The van der Waals surface area contributed by atoms with Crippen LogP contribution in [0.15, 0.2) is 53.7 Å². The Morgan fingerprint density at radius 3 is 2.74 bits per heavy atom. The van der Waals surface area contributed by atoms with Gasteiger partial charge in [-0.15, -0.1) is 0 Å². The molecular weight excluding hydrogens is 310 g/mol. The first kappa shape index (κ1) is 13.8. The minimum Gasteiger partial charge on any atom is -0.277 e. The van der Waals surface area contributed by atoms with Gasteiger partial charge in [-0.1, -0.05) is 24.3 Å². The first-order chi connectivity index (χ1) is 11.2. The van der Waals surface area contributed by atoms with Crippen LogP contribution in [0.5, 0.6) is 0 Å². The zero-order chi connectivity index (χ0) is 15.8. The second kappa shape index (κ2) is 5.44. The molecule has 0 aliphatic heterocycles. The molecule has 7 heteroatoms. The molecule has 0 bridgehead atoms. The summed E-state index contributed by atoms with van der Waals surface area (Å²) in [5.41, 5.74) is 3.54. The molecule has 2 N–H and O–H groups in total. The van der Waals surface area contributed by atoms with Gasteiger partial charge in [0.05, 0.1) is 22.0 Å². The average Bonchev–Trinajstić information content (AvgIpc) is 3.24. The molecular formula is C16H13N5OS. The van der Waals surface area contributed by atoms with Crippen LogP contribution in [0.4, 0.5) is 0 Å². The van der Waals surface area contributed by atoms with E-state index in [0.717, 1.165) is 27.7 Å². The van der Waals surface area contributed by atoms with Crippen LogP contribution in [0, 0.1) is 0 Å². The quantitative estimate of drug-likeness (QED) is 0.607. The third-order valence-corrected chi connectivity index (χ3v) is 4.68. The van der Waals surface area contributed by atoms with Gasteiger partial charge < -0.3 is 0 Å². The molecule has 114 valence electrons. The number of H-pyrrole nitrogens is 2. The number of aromatic amines is 2. The Hall–Kier alpha value is -2.80. The van der Waals surface area contributed by atoms with Crippen molar-refractivity contribution >= 4 is 21.7 Å². The fourth-order valence-electron chi connectivity index (χ4n) is 2.63. The van der Waals surface area contributed by atoms with E-state index in [2.05, 4.69) is 25.4 Å². The van der Waals surface area contributed by atoms with E-state index in [1.807, 2.05) is 42.5 Å². The highest BCUT2D eigenvalue weighted by Crippen LogP contribution is 2.31. The van der Waals surface area contributed by atoms with Gasteiger partial charge in [0.15, 0.2) is 5.82 Å². The van der Waals surface area contributed by atoms with Gasteiger partial charge in [0.2, 0.25) is 0 Å². The molecule has 23 heavy (non-hydrogen) atoms. The lowest BCUT2D eigenvalue weighted by Crippen LogP contribution is -1.95. The molecule has 1 atom stereocenters. The summed E-state index contributed by atoms with van der Waals surface area (Å²) < 4.78 is 12.0. The molecule has 4 aromatic rings. The van der Waals surface area contributed by atoms with Gasteiger partial charge in [0.25, 0.3) is 0 Å². The largest absolute Gasteiger partial charge is 0.277 e. The van der Waals surface area contributed by atoms with E-state index >= 15 is 0 Å². The van der Waals surface area contributed by atoms with Gasteiger partial charge in [0, 0.05) is 27.7 Å². The van der Waals surface area contributed by atoms with Gasteiger partial charge in [0.1, 0.15) is 6.33 Å². The maximum Gasteiger partial charge on any atom is 0.156 e. The summed E-state index contributed by atoms with van der Waals surface area (Å²) in [5, 5.41) is 15.2. The molecule has 0 saturated carbocycles. The molecule has 2 aromatic carbocycles. The van der Waals surface area contributed by atoms with Gasteiger partial charge in [-0.3, -0.25) is 14.4 Å². The normalized spacial score (nSPS) is 12.6. The third kappa shape index (κ3) is 2.35. The van der Waals surface area contributed by atoms with E-state index in [-0.39, 0.29) is 0 Å². The molecule has 4 rings (SSSR count). The molecule has 0 radical (unpaired) electrons. The topological polar surface area (TPSA) is 87.3 Å². The number of para-hydroxylation sites is 1. The van der Waals surface area contributed by atoms with Crippen molar-refractivity contribution in [3.05, 3.63) is 48.8 Å². The number of aromatic nitrogens is 5. The minimum absolute atomic E-state index is 0.594. The molecule has 0 saturated heterocycles. The van der Waals surface area contributed by atoms with Crippen LogP contribution in [0.25, 0.3) is 33.5 Å². The van der Waals surface area contributed by atoms with Crippen LogP contribution in [0.1, 0.15) is 0 Å². The van der Waals surface area contributed by atoms with Crippen molar-refractivity contribution in [1.82, 2.24) is 25.4 Å². The summed E-state index contributed by atoms with van der Waals surface area (Å²) in [6.45, 7) is 0. The average molecular weight is 323 g/mol. The number of hydrogen-bond donors (Lipinski definition) is 2. The van der Waals surface area contributed by atoms with Gasteiger partial charge >= 0.3 is 0 Å². The van der Waals surface area contributed by atoms with Gasteiger partial charge in [-0.2, -0.15) is 10.2 Å². The first-order valence-electron chi connectivity index (χ1n) is 7.01. The van der Waals surface area contributed by atoms with E-state index in [9.17, 15) is 4.21 Å². The number of nitrogens with one attached hydrogen (secondary N) is 2. The number of fused-ring (bicyclic) bond motifs is 1. The molecule has 0 aliphatic carbocycles. The van der Waals surface area contributed by atoms with Crippen molar-refractivity contribution in [1.29, 1.82) is 0 Å². The van der Waals surface area contributed by atoms with E-state index in [4.69, 9.17) is 0 Å². The first-order valence-corrected chi connectivity index (χ1v) is 8.56. The Morgan fingerprint density at radius 2 is 1.96 bits per heavy atom. The zero-order valence-corrected chi connectivity index (χ0v) is 13.1. The Labute approximate surface area is 134 Å². The van der Waals surface area contributed by atoms with E-state index < -0.39 is 10.8 Å². The summed E-state index contributed by atoms with van der Waals surface area (Å²) in [6, 6.07) is 13.7. The predicted molar refractivity (Wildman–Crippen MR) is 89.2 cm³/mol. The smallest absolute Gasteiger partial charge is 0.156 e. The lowest BCUT2D eigenvalue weighted by Gasteiger charge is -2.07. The zero-order valence-electron chi connectivity index (χ0n) is 12.3. The van der Waals surface area contributed by atoms with E-state index in [1.54, 1.807) is 6.26 Å². The fourth-order valence-corrected chi connectivity index (χ4v) is 3.36. The number of nitrogens with zero attached hydrogens (tertiary/aromatic N) is 3. The van der Waals surface area contributed by atoms with Crippen LogP contribution in [-0.2, 0) is 10.8 Å². The summed E-state index contributed by atoms with van der Waals surface area (Å²) in [4.78, 5) is 4.90. The molecule has 1 unspecified atom stereocenters. The SMILES string of the molecule is CS(=O)c1ccc(-c2n[nH]c3ccccc23)cc1-c1ncn[nH]1. The summed E-state index contributed by atoms with van der Waals surface area (Å²) in [6.07, 6.45) is 3.09. The Kier molecular flexibility index (Phi) is 3.27. The number of benzene rings is 2. The Balaban J connectivity index is 1.94.